The summed E-state index contributed by atoms with van der Waals surface area (Å²) in [5.41, 5.74) is 5.89. The highest BCUT2D eigenvalue weighted by Crippen LogP contribution is 2.49. The summed E-state index contributed by atoms with van der Waals surface area (Å²) in [7, 11) is 1.67. The number of nitrogens with two attached hydrogens (primary N) is 1. The second kappa shape index (κ2) is 6.31. The SMILES string of the molecule is CCCN(CC(=O)NC)CC1(CC(N)=S)CC1. The van der Waals surface area contributed by atoms with Gasteiger partial charge in [0.1, 0.15) is 0 Å². The van der Waals surface area contributed by atoms with Gasteiger partial charge in [-0.05, 0) is 31.2 Å². The van der Waals surface area contributed by atoms with E-state index >= 15 is 0 Å². The summed E-state index contributed by atoms with van der Waals surface area (Å²) in [5, 5.41) is 2.67. The smallest absolute Gasteiger partial charge is 0.233 e. The molecule has 3 N–H and O–H groups in total. The van der Waals surface area contributed by atoms with Crippen molar-refractivity contribution in [1.82, 2.24) is 10.2 Å². The van der Waals surface area contributed by atoms with Crippen molar-refractivity contribution in [3.8, 4) is 0 Å². The fourth-order valence-electron chi connectivity index (χ4n) is 2.22. The molecule has 0 aromatic rings. The van der Waals surface area contributed by atoms with E-state index < -0.39 is 0 Å². The van der Waals surface area contributed by atoms with Gasteiger partial charge in [-0.25, -0.2) is 0 Å². The number of hydrogen-bond acceptors (Lipinski definition) is 3. The van der Waals surface area contributed by atoms with Crippen LogP contribution in [0.4, 0.5) is 0 Å². The number of hydrogen-bond donors (Lipinski definition) is 2. The van der Waals surface area contributed by atoms with E-state index in [1.54, 1.807) is 7.05 Å². The molecule has 1 rings (SSSR count). The number of carbonyl (C=O) groups excluding carboxylic acids is 1. The zero-order chi connectivity index (χ0) is 12.9. The van der Waals surface area contributed by atoms with Gasteiger partial charge in [0.2, 0.25) is 5.91 Å². The highest BCUT2D eigenvalue weighted by molar-refractivity contribution is 7.80. The van der Waals surface area contributed by atoms with E-state index in [0.717, 1.165) is 25.9 Å². The molecule has 0 aromatic carbocycles. The highest BCUT2D eigenvalue weighted by Gasteiger charge is 2.44. The van der Waals surface area contributed by atoms with Gasteiger partial charge < -0.3 is 11.1 Å². The van der Waals surface area contributed by atoms with Crippen LogP contribution in [0.1, 0.15) is 32.6 Å². The lowest BCUT2D eigenvalue weighted by Gasteiger charge is -2.26. The third-order valence-electron chi connectivity index (χ3n) is 3.25. The average molecular weight is 257 g/mol. The lowest BCUT2D eigenvalue weighted by Crippen LogP contribution is -2.40. The van der Waals surface area contributed by atoms with Gasteiger partial charge in [-0.15, -0.1) is 0 Å². The van der Waals surface area contributed by atoms with Crippen molar-refractivity contribution in [2.45, 2.75) is 32.6 Å². The lowest BCUT2D eigenvalue weighted by molar-refractivity contribution is -0.121. The summed E-state index contributed by atoms with van der Waals surface area (Å²) < 4.78 is 0. The van der Waals surface area contributed by atoms with Crippen molar-refractivity contribution in [2.24, 2.45) is 11.1 Å². The number of carbonyl (C=O) groups is 1. The van der Waals surface area contributed by atoms with Crippen LogP contribution >= 0.6 is 12.2 Å². The standard InChI is InChI=1S/C12H23N3OS/c1-3-6-15(8-11(16)14-2)9-12(4-5-12)7-10(13)17/h3-9H2,1-2H3,(H2,13,17)(H,14,16). The molecule has 1 fully saturated rings. The molecule has 0 aliphatic heterocycles. The summed E-state index contributed by atoms with van der Waals surface area (Å²) in [5.74, 6) is 0.0737. The predicted octanol–water partition coefficient (Wildman–Crippen LogP) is 0.901. The van der Waals surface area contributed by atoms with Crippen molar-refractivity contribution in [2.75, 3.05) is 26.7 Å². The average Bonchev–Trinajstić information content (AvgIpc) is 2.96. The van der Waals surface area contributed by atoms with Gasteiger partial charge in [-0.1, -0.05) is 19.1 Å². The van der Waals surface area contributed by atoms with Gasteiger partial charge >= 0.3 is 0 Å². The Morgan fingerprint density at radius 2 is 2.18 bits per heavy atom. The second-order valence-electron chi connectivity index (χ2n) is 5.03. The van der Waals surface area contributed by atoms with Crippen LogP contribution in [0.25, 0.3) is 0 Å². The fourth-order valence-corrected chi connectivity index (χ4v) is 2.53. The van der Waals surface area contributed by atoms with Crippen LogP contribution in [0.5, 0.6) is 0 Å². The predicted molar refractivity (Wildman–Crippen MR) is 73.9 cm³/mol. The first-order valence-electron chi connectivity index (χ1n) is 6.22. The topological polar surface area (TPSA) is 58.4 Å². The summed E-state index contributed by atoms with van der Waals surface area (Å²) >= 11 is 4.99. The molecule has 0 atom stereocenters. The Labute approximate surface area is 109 Å². The van der Waals surface area contributed by atoms with Gasteiger partial charge in [0, 0.05) is 20.0 Å². The largest absolute Gasteiger partial charge is 0.393 e. The van der Waals surface area contributed by atoms with E-state index in [1.807, 2.05) is 0 Å². The maximum absolute atomic E-state index is 11.4. The molecule has 0 bridgehead atoms. The molecular formula is C12H23N3OS. The van der Waals surface area contributed by atoms with E-state index in [4.69, 9.17) is 18.0 Å². The molecule has 98 valence electrons. The van der Waals surface area contributed by atoms with Gasteiger partial charge in [0.15, 0.2) is 0 Å². The fraction of sp³-hybridized carbons (Fsp3) is 0.833. The molecule has 1 saturated carbocycles. The van der Waals surface area contributed by atoms with Crippen molar-refractivity contribution < 1.29 is 4.79 Å². The van der Waals surface area contributed by atoms with Crippen molar-refractivity contribution in [3.05, 3.63) is 0 Å². The minimum atomic E-state index is 0.0737. The third kappa shape index (κ3) is 5.00. The second-order valence-corrected chi connectivity index (χ2v) is 5.55. The summed E-state index contributed by atoms with van der Waals surface area (Å²) in [6.07, 6.45) is 4.23. The Morgan fingerprint density at radius 3 is 2.59 bits per heavy atom. The Morgan fingerprint density at radius 1 is 1.53 bits per heavy atom. The first kappa shape index (κ1) is 14.4. The molecule has 0 spiro atoms. The summed E-state index contributed by atoms with van der Waals surface area (Å²) in [4.78, 5) is 14.2. The molecule has 1 amide bonds. The van der Waals surface area contributed by atoms with E-state index in [-0.39, 0.29) is 11.3 Å². The van der Waals surface area contributed by atoms with Gasteiger partial charge in [0.25, 0.3) is 0 Å². The van der Waals surface area contributed by atoms with Crippen LogP contribution in [-0.2, 0) is 4.79 Å². The van der Waals surface area contributed by atoms with Crippen molar-refractivity contribution in [1.29, 1.82) is 0 Å². The Balaban J connectivity index is 2.48. The molecule has 17 heavy (non-hydrogen) atoms. The zero-order valence-corrected chi connectivity index (χ0v) is 11.6. The molecule has 4 nitrogen and oxygen atoms in total. The zero-order valence-electron chi connectivity index (χ0n) is 10.8. The minimum Gasteiger partial charge on any atom is -0.393 e. The maximum Gasteiger partial charge on any atom is 0.233 e. The monoisotopic (exact) mass is 257 g/mol. The Hall–Kier alpha value is -0.680. The molecule has 0 saturated heterocycles. The van der Waals surface area contributed by atoms with Gasteiger partial charge in [-0.3, -0.25) is 9.69 Å². The van der Waals surface area contributed by atoms with Crippen LogP contribution in [0.15, 0.2) is 0 Å². The maximum atomic E-state index is 11.4. The van der Waals surface area contributed by atoms with Crippen LogP contribution in [0.3, 0.4) is 0 Å². The third-order valence-corrected chi connectivity index (χ3v) is 3.40. The highest BCUT2D eigenvalue weighted by atomic mass is 32.1. The molecule has 1 aliphatic rings. The normalized spacial score (nSPS) is 16.9. The number of nitrogens with one attached hydrogen (secondary N) is 1. The molecule has 0 aromatic heterocycles. The van der Waals surface area contributed by atoms with Crippen molar-refractivity contribution >= 4 is 23.1 Å². The molecule has 0 unspecified atom stereocenters. The molecule has 0 heterocycles. The van der Waals surface area contributed by atoms with Crippen LogP contribution in [0.2, 0.25) is 0 Å². The van der Waals surface area contributed by atoms with E-state index in [2.05, 4.69) is 17.1 Å². The lowest BCUT2D eigenvalue weighted by atomic mass is 10.0. The van der Waals surface area contributed by atoms with Gasteiger partial charge in [-0.2, -0.15) is 0 Å². The van der Waals surface area contributed by atoms with Gasteiger partial charge in [0.05, 0.1) is 11.5 Å². The molecule has 0 radical (unpaired) electrons. The van der Waals surface area contributed by atoms with Crippen LogP contribution < -0.4 is 11.1 Å². The van der Waals surface area contributed by atoms with E-state index in [1.165, 1.54) is 12.8 Å². The summed E-state index contributed by atoms with van der Waals surface area (Å²) in [6, 6.07) is 0. The number of thiocarbonyl (C=S) groups is 1. The summed E-state index contributed by atoms with van der Waals surface area (Å²) in [6.45, 7) is 4.49. The van der Waals surface area contributed by atoms with Crippen LogP contribution in [0, 0.1) is 5.41 Å². The minimum absolute atomic E-state index is 0.0737. The first-order chi connectivity index (χ1) is 8.01. The molecular weight excluding hydrogens is 234 g/mol. The quantitative estimate of drug-likeness (QED) is 0.634. The van der Waals surface area contributed by atoms with E-state index in [0.29, 0.717) is 11.5 Å². The molecule has 5 heteroatoms. The molecule has 1 aliphatic carbocycles. The Bertz CT molecular complexity index is 289. The number of likely N-dealkylation sites (N-methyl/N-ethyl adjacent to an activating group) is 1. The Kier molecular flexibility index (Phi) is 5.33. The number of amides is 1. The number of nitrogens with zero attached hydrogens (tertiary/aromatic N) is 1. The number of rotatable bonds is 8. The first-order valence-corrected chi connectivity index (χ1v) is 6.63. The van der Waals surface area contributed by atoms with Crippen molar-refractivity contribution in [3.63, 3.8) is 0 Å². The van der Waals surface area contributed by atoms with E-state index in [9.17, 15) is 4.79 Å². The van der Waals surface area contributed by atoms with Crippen LogP contribution in [-0.4, -0.2) is 42.5 Å².